The number of halogens is 2. The minimum atomic E-state index is -0.866. The molecule has 1 fully saturated rings. The Morgan fingerprint density at radius 1 is 1.21 bits per heavy atom. The van der Waals surface area contributed by atoms with Crippen LogP contribution >= 0.6 is 23.2 Å². The molecule has 19 heavy (non-hydrogen) atoms. The molecule has 0 aliphatic carbocycles. The van der Waals surface area contributed by atoms with E-state index in [-0.39, 0.29) is 19.0 Å². The van der Waals surface area contributed by atoms with Gasteiger partial charge in [-0.05, 0) is 29.8 Å². The normalized spacial score (nSPS) is 15.6. The molecule has 0 aromatic heterocycles. The number of hydrogen-bond donors (Lipinski definition) is 1. The second-order valence-electron chi connectivity index (χ2n) is 4.31. The molecule has 1 aliphatic rings. The van der Waals surface area contributed by atoms with Crippen molar-refractivity contribution in [2.75, 3.05) is 13.1 Å². The van der Waals surface area contributed by atoms with Gasteiger partial charge in [0, 0.05) is 29.2 Å². The zero-order valence-corrected chi connectivity index (χ0v) is 11.4. The molecule has 0 radical (unpaired) electrons. The predicted molar refractivity (Wildman–Crippen MR) is 73.2 cm³/mol. The number of carboxylic acid groups (broad SMARTS) is 1. The van der Waals surface area contributed by atoms with Crippen LogP contribution in [0.2, 0.25) is 10.0 Å². The number of carbonyl (C=O) groups is 2. The Hall–Kier alpha value is -1.52. The van der Waals surface area contributed by atoms with E-state index < -0.39 is 11.9 Å². The molecule has 1 amide bonds. The zero-order chi connectivity index (χ0) is 14.0. The van der Waals surface area contributed by atoms with Crippen molar-refractivity contribution in [2.24, 2.45) is 5.92 Å². The summed E-state index contributed by atoms with van der Waals surface area (Å²) in [4.78, 5) is 23.8. The summed E-state index contributed by atoms with van der Waals surface area (Å²) in [5.41, 5.74) is 0.723. The van der Waals surface area contributed by atoms with Crippen molar-refractivity contribution >= 4 is 41.2 Å². The molecule has 1 aliphatic heterocycles. The van der Waals surface area contributed by atoms with Crippen molar-refractivity contribution in [3.63, 3.8) is 0 Å². The van der Waals surface area contributed by atoms with Crippen LogP contribution in [0.25, 0.3) is 6.08 Å². The fourth-order valence-electron chi connectivity index (χ4n) is 1.76. The van der Waals surface area contributed by atoms with Crippen LogP contribution in [0, 0.1) is 5.92 Å². The maximum Gasteiger partial charge on any atom is 0.310 e. The quantitative estimate of drug-likeness (QED) is 0.873. The molecule has 0 spiro atoms. The fourth-order valence-corrected chi connectivity index (χ4v) is 2.30. The van der Waals surface area contributed by atoms with Crippen molar-refractivity contribution in [1.29, 1.82) is 0 Å². The molecule has 0 atom stereocenters. The van der Waals surface area contributed by atoms with E-state index in [1.54, 1.807) is 24.3 Å². The van der Waals surface area contributed by atoms with E-state index in [4.69, 9.17) is 28.3 Å². The highest BCUT2D eigenvalue weighted by Crippen LogP contribution is 2.20. The number of amides is 1. The van der Waals surface area contributed by atoms with Crippen LogP contribution in [-0.2, 0) is 9.59 Å². The molecule has 0 unspecified atom stereocenters. The molecule has 0 saturated carbocycles. The zero-order valence-electron chi connectivity index (χ0n) is 9.85. The maximum absolute atomic E-state index is 11.7. The lowest BCUT2D eigenvalue weighted by Crippen LogP contribution is -2.52. The SMILES string of the molecule is O=C(O)C1CN(C(=O)C=Cc2cc(Cl)cc(Cl)c2)C1. The van der Waals surface area contributed by atoms with Crippen molar-refractivity contribution in [3.05, 3.63) is 39.9 Å². The first-order chi connectivity index (χ1) is 8.95. The van der Waals surface area contributed by atoms with Crippen LogP contribution in [0.1, 0.15) is 5.56 Å². The summed E-state index contributed by atoms with van der Waals surface area (Å²) in [6, 6.07) is 4.98. The third-order valence-corrected chi connectivity index (χ3v) is 3.28. The van der Waals surface area contributed by atoms with Crippen LogP contribution in [0.4, 0.5) is 0 Å². The highest BCUT2D eigenvalue weighted by Gasteiger charge is 2.34. The van der Waals surface area contributed by atoms with Gasteiger partial charge in [-0.15, -0.1) is 0 Å². The van der Waals surface area contributed by atoms with Gasteiger partial charge in [0.2, 0.25) is 5.91 Å². The first-order valence-electron chi connectivity index (χ1n) is 5.61. The molecule has 4 nitrogen and oxygen atoms in total. The predicted octanol–water partition coefficient (Wildman–Crippen LogP) is 2.55. The fraction of sp³-hybridized carbons (Fsp3) is 0.231. The van der Waals surface area contributed by atoms with Gasteiger partial charge < -0.3 is 10.0 Å². The van der Waals surface area contributed by atoms with Crippen LogP contribution in [0.5, 0.6) is 0 Å². The number of nitrogens with zero attached hydrogens (tertiary/aromatic N) is 1. The van der Waals surface area contributed by atoms with Crippen molar-refractivity contribution in [3.8, 4) is 0 Å². The Balaban J connectivity index is 1.96. The minimum absolute atomic E-state index is 0.214. The molecular formula is C13H11Cl2NO3. The third kappa shape index (κ3) is 3.49. The summed E-state index contributed by atoms with van der Waals surface area (Å²) in [7, 11) is 0. The van der Waals surface area contributed by atoms with E-state index in [0.717, 1.165) is 5.56 Å². The van der Waals surface area contributed by atoms with Crippen LogP contribution < -0.4 is 0 Å². The number of carboxylic acids is 1. The first-order valence-corrected chi connectivity index (χ1v) is 6.37. The highest BCUT2D eigenvalue weighted by molar-refractivity contribution is 6.34. The summed E-state index contributed by atoms with van der Waals surface area (Å²) in [5.74, 6) is -1.53. The number of benzene rings is 1. The molecule has 1 aromatic carbocycles. The summed E-state index contributed by atoms with van der Waals surface area (Å²) in [6.45, 7) is 0.517. The number of aliphatic carboxylic acids is 1. The van der Waals surface area contributed by atoms with Crippen molar-refractivity contribution in [2.45, 2.75) is 0 Å². The van der Waals surface area contributed by atoms with Gasteiger partial charge in [-0.25, -0.2) is 0 Å². The third-order valence-electron chi connectivity index (χ3n) is 2.85. The summed E-state index contributed by atoms with van der Waals surface area (Å²) in [5, 5.41) is 9.71. The molecule has 1 heterocycles. The van der Waals surface area contributed by atoms with Gasteiger partial charge in [-0.2, -0.15) is 0 Å². The Morgan fingerprint density at radius 2 is 1.79 bits per heavy atom. The largest absolute Gasteiger partial charge is 0.481 e. The lowest BCUT2D eigenvalue weighted by atomic mass is 10.0. The molecule has 1 saturated heterocycles. The van der Waals surface area contributed by atoms with Gasteiger partial charge in [0.1, 0.15) is 0 Å². The Morgan fingerprint density at radius 3 is 2.32 bits per heavy atom. The van der Waals surface area contributed by atoms with Crippen LogP contribution in [-0.4, -0.2) is 35.0 Å². The molecule has 100 valence electrons. The second-order valence-corrected chi connectivity index (χ2v) is 5.19. The van der Waals surface area contributed by atoms with E-state index in [1.807, 2.05) is 0 Å². The Labute approximate surface area is 120 Å². The van der Waals surface area contributed by atoms with Crippen LogP contribution in [0.3, 0.4) is 0 Å². The topological polar surface area (TPSA) is 57.6 Å². The second kappa shape index (κ2) is 5.63. The minimum Gasteiger partial charge on any atom is -0.481 e. The average molecular weight is 300 g/mol. The smallest absolute Gasteiger partial charge is 0.310 e. The van der Waals surface area contributed by atoms with Crippen LogP contribution in [0.15, 0.2) is 24.3 Å². The number of likely N-dealkylation sites (tertiary alicyclic amines) is 1. The van der Waals surface area contributed by atoms with Gasteiger partial charge in [0.25, 0.3) is 0 Å². The van der Waals surface area contributed by atoms with Gasteiger partial charge in [-0.1, -0.05) is 23.2 Å². The Bertz CT molecular complexity index is 531. The number of rotatable bonds is 3. The van der Waals surface area contributed by atoms with Crippen molar-refractivity contribution in [1.82, 2.24) is 4.90 Å². The van der Waals surface area contributed by atoms with E-state index in [2.05, 4.69) is 0 Å². The lowest BCUT2D eigenvalue weighted by molar-refractivity contribution is -0.151. The lowest BCUT2D eigenvalue weighted by Gasteiger charge is -2.35. The van der Waals surface area contributed by atoms with E-state index in [9.17, 15) is 9.59 Å². The monoisotopic (exact) mass is 299 g/mol. The maximum atomic E-state index is 11.7. The summed E-state index contributed by atoms with van der Waals surface area (Å²) >= 11 is 11.7. The van der Waals surface area contributed by atoms with Gasteiger partial charge in [-0.3, -0.25) is 9.59 Å². The molecule has 2 rings (SSSR count). The molecule has 1 aromatic rings. The standard InChI is InChI=1S/C13H11Cl2NO3/c14-10-3-8(4-11(15)5-10)1-2-12(17)16-6-9(7-16)13(18)19/h1-5,9H,6-7H2,(H,18,19). The van der Waals surface area contributed by atoms with E-state index >= 15 is 0 Å². The molecule has 1 N–H and O–H groups in total. The van der Waals surface area contributed by atoms with Gasteiger partial charge >= 0.3 is 5.97 Å². The van der Waals surface area contributed by atoms with E-state index in [0.29, 0.717) is 10.0 Å². The Kier molecular flexibility index (Phi) is 4.12. The molecule has 6 heteroatoms. The molecule has 0 bridgehead atoms. The average Bonchev–Trinajstić information content (AvgIpc) is 2.22. The summed E-state index contributed by atoms with van der Waals surface area (Å²) < 4.78 is 0. The highest BCUT2D eigenvalue weighted by atomic mass is 35.5. The van der Waals surface area contributed by atoms with E-state index in [1.165, 1.54) is 11.0 Å². The number of carbonyl (C=O) groups excluding carboxylic acids is 1. The first kappa shape index (κ1) is 13.9. The summed E-state index contributed by atoms with van der Waals surface area (Å²) in [6.07, 6.45) is 2.99. The molecular weight excluding hydrogens is 289 g/mol. The van der Waals surface area contributed by atoms with Gasteiger partial charge in [0.15, 0.2) is 0 Å². The number of hydrogen-bond acceptors (Lipinski definition) is 2. The van der Waals surface area contributed by atoms with Crippen molar-refractivity contribution < 1.29 is 14.7 Å². The van der Waals surface area contributed by atoms with Gasteiger partial charge in [0.05, 0.1) is 5.92 Å².